The molecule has 0 fully saturated rings. The van der Waals surface area contributed by atoms with E-state index in [1.54, 1.807) is 6.92 Å². The molecule has 16 heavy (non-hydrogen) atoms. The maximum Gasteiger partial charge on any atom is 0.342 e. The summed E-state index contributed by atoms with van der Waals surface area (Å²) in [6.07, 6.45) is 9.18. The molecule has 0 saturated carbocycles. The zero-order valence-corrected chi connectivity index (χ0v) is 11.1. The van der Waals surface area contributed by atoms with Crippen LogP contribution in [0.15, 0.2) is 12.2 Å². The van der Waals surface area contributed by atoms with E-state index in [1.165, 1.54) is 6.42 Å². The van der Waals surface area contributed by atoms with E-state index in [0.29, 0.717) is 18.9 Å². The molecule has 0 spiro atoms. The van der Waals surface area contributed by atoms with Crippen LogP contribution in [-0.4, -0.2) is 16.9 Å². The van der Waals surface area contributed by atoms with E-state index >= 15 is 0 Å². The van der Waals surface area contributed by atoms with Crippen LogP contribution < -0.4 is 0 Å². The minimum absolute atomic E-state index is 0.309. The molecule has 0 amide bonds. The van der Waals surface area contributed by atoms with Crippen LogP contribution in [0.2, 0.25) is 0 Å². The lowest BCUT2D eigenvalue weighted by atomic mass is 9.91. The zero-order valence-electron chi connectivity index (χ0n) is 9.55. The highest BCUT2D eigenvalue weighted by atomic mass is 35.5. The van der Waals surface area contributed by atoms with Crippen molar-refractivity contribution >= 4 is 29.2 Å². The number of hydrogen-bond donors (Lipinski definition) is 0. The van der Waals surface area contributed by atoms with Gasteiger partial charge in [0.25, 0.3) is 0 Å². The lowest BCUT2D eigenvalue weighted by Gasteiger charge is -2.21. The number of allylic oxidation sites excluding steroid dienone is 2. The summed E-state index contributed by atoms with van der Waals surface area (Å²) >= 11 is 11.9. The third-order valence-corrected chi connectivity index (χ3v) is 3.44. The average molecular weight is 265 g/mol. The van der Waals surface area contributed by atoms with Gasteiger partial charge in [-0.15, -0.1) is 0 Å². The van der Waals surface area contributed by atoms with Gasteiger partial charge in [0.15, 0.2) is 0 Å². The smallest absolute Gasteiger partial charge is 0.342 e. The Labute approximate surface area is 107 Å². The molecule has 0 heterocycles. The van der Waals surface area contributed by atoms with E-state index < -0.39 is 10.3 Å². The standard InChI is InChI=1S/C12H18Cl2O2/c1-2-16-11(15)12(13,14)9-8-10-6-4-3-5-7-10/h4,6,10H,2-3,5,7-9H2,1H3. The maximum absolute atomic E-state index is 11.4. The second-order valence-corrected chi connectivity index (χ2v) is 5.57. The third kappa shape index (κ3) is 4.34. The number of halogens is 2. The Morgan fingerprint density at radius 1 is 1.56 bits per heavy atom. The van der Waals surface area contributed by atoms with Crippen molar-refractivity contribution in [2.24, 2.45) is 5.92 Å². The molecule has 0 radical (unpaired) electrons. The van der Waals surface area contributed by atoms with Crippen molar-refractivity contribution in [3.8, 4) is 0 Å². The Balaban J connectivity index is 2.37. The average Bonchev–Trinajstić information content (AvgIpc) is 2.28. The zero-order chi connectivity index (χ0) is 12.0. The quantitative estimate of drug-likeness (QED) is 0.428. The van der Waals surface area contributed by atoms with Crippen LogP contribution in [-0.2, 0) is 9.53 Å². The van der Waals surface area contributed by atoms with Crippen molar-refractivity contribution in [3.05, 3.63) is 12.2 Å². The van der Waals surface area contributed by atoms with Crippen molar-refractivity contribution in [1.29, 1.82) is 0 Å². The normalized spacial score (nSPS) is 20.8. The summed E-state index contributed by atoms with van der Waals surface area (Å²) in [6, 6.07) is 0. The number of ether oxygens (including phenoxy) is 1. The minimum atomic E-state index is -1.39. The van der Waals surface area contributed by atoms with Gasteiger partial charge in [-0.1, -0.05) is 35.4 Å². The molecule has 0 aromatic rings. The molecule has 0 N–H and O–H groups in total. The molecule has 1 unspecified atom stereocenters. The molecule has 92 valence electrons. The van der Waals surface area contributed by atoms with Gasteiger partial charge in [0.1, 0.15) is 0 Å². The number of esters is 1. The van der Waals surface area contributed by atoms with Crippen molar-refractivity contribution in [1.82, 2.24) is 0 Å². The largest absolute Gasteiger partial charge is 0.464 e. The molecule has 1 rings (SSSR count). The summed E-state index contributed by atoms with van der Waals surface area (Å²) in [6.45, 7) is 2.05. The van der Waals surface area contributed by atoms with Crippen LogP contribution in [0, 0.1) is 5.92 Å². The Bertz CT molecular complexity index is 262. The van der Waals surface area contributed by atoms with E-state index in [0.717, 1.165) is 19.3 Å². The number of hydrogen-bond acceptors (Lipinski definition) is 2. The summed E-state index contributed by atoms with van der Waals surface area (Å²) in [5.41, 5.74) is 0. The van der Waals surface area contributed by atoms with Gasteiger partial charge in [-0.2, -0.15) is 0 Å². The van der Waals surface area contributed by atoms with E-state index in [4.69, 9.17) is 27.9 Å². The first kappa shape index (κ1) is 13.9. The molecule has 4 heteroatoms. The summed E-state index contributed by atoms with van der Waals surface area (Å²) in [4.78, 5) is 11.4. The molecule has 0 saturated heterocycles. The number of carbonyl (C=O) groups excluding carboxylic acids is 1. The molecule has 1 atom stereocenters. The van der Waals surface area contributed by atoms with Crippen molar-refractivity contribution in [2.45, 2.75) is 43.4 Å². The van der Waals surface area contributed by atoms with Gasteiger partial charge >= 0.3 is 5.97 Å². The Morgan fingerprint density at radius 3 is 2.88 bits per heavy atom. The second kappa shape index (κ2) is 6.51. The first-order valence-corrected chi connectivity index (χ1v) is 6.53. The molecule has 0 aromatic carbocycles. The Morgan fingerprint density at radius 2 is 2.31 bits per heavy atom. The fourth-order valence-electron chi connectivity index (χ4n) is 1.83. The van der Waals surface area contributed by atoms with E-state index in [1.807, 2.05) is 0 Å². The fourth-order valence-corrected chi connectivity index (χ4v) is 2.16. The van der Waals surface area contributed by atoms with Gasteiger partial charge in [-0.05, 0) is 44.9 Å². The maximum atomic E-state index is 11.4. The molecule has 0 aromatic heterocycles. The lowest BCUT2D eigenvalue weighted by Crippen LogP contribution is -2.29. The highest BCUT2D eigenvalue weighted by molar-refractivity contribution is 6.57. The number of alkyl halides is 2. The highest BCUT2D eigenvalue weighted by Crippen LogP contribution is 2.32. The topological polar surface area (TPSA) is 26.3 Å². The third-order valence-electron chi connectivity index (χ3n) is 2.76. The van der Waals surface area contributed by atoms with Gasteiger partial charge in [0.05, 0.1) is 6.61 Å². The summed E-state index contributed by atoms with van der Waals surface area (Å²) in [7, 11) is 0. The van der Waals surface area contributed by atoms with Gasteiger partial charge in [-0.25, -0.2) is 4.79 Å². The van der Waals surface area contributed by atoms with E-state index in [-0.39, 0.29) is 0 Å². The molecule has 1 aliphatic rings. The summed E-state index contributed by atoms with van der Waals surface area (Å²) < 4.78 is 3.44. The van der Waals surface area contributed by atoms with Crippen LogP contribution in [0.4, 0.5) is 0 Å². The molecular weight excluding hydrogens is 247 g/mol. The van der Waals surface area contributed by atoms with E-state index in [2.05, 4.69) is 12.2 Å². The Hall–Kier alpha value is -0.210. The number of carbonyl (C=O) groups is 1. The van der Waals surface area contributed by atoms with Crippen LogP contribution in [0.5, 0.6) is 0 Å². The summed E-state index contributed by atoms with van der Waals surface area (Å²) in [5, 5.41) is 0. The molecular formula is C12H18Cl2O2. The molecule has 1 aliphatic carbocycles. The van der Waals surface area contributed by atoms with Gasteiger partial charge < -0.3 is 4.74 Å². The predicted octanol–water partition coefficient (Wildman–Crippen LogP) is 3.86. The predicted molar refractivity (Wildman–Crippen MR) is 66.8 cm³/mol. The van der Waals surface area contributed by atoms with Gasteiger partial charge in [-0.3, -0.25) is 0 Å². The highest BCUT2D eigenvalue weighted by Gasteiger charge is 2.35. The van der Waals surface area contributed by atoms with Gasteiger partial charge in [0.2, 0.25) is 4.33 Å². The van der Waals surface area contributed by atoms with Crippen LogP contribution in [0.25, 0.3) is 0 Å². The van der Waals surface area contributed by atoms with Crippen molar-refractivity contribution < 1.29 is 9.53 Å². The number of rotatable bonds is 5. The Kier molecular flexibility index (Phi) is 5.63. The summed E-state index contributed by atoms with van der Waals surface area (Å²) in [5.74, 6) is -0.0295. The first-order valence-electron chi connectivity index (χ1n) is 5.78. The first-order chi connectivity index (χ1) is 7.56. The van der Waals surface area contributed by atoms with E-state index in [9.17, 15) is 4.79 Å². The molecule has 0 bridgehead atoms. The van der Waals surface area contributed by atoms with Crippen molar-refractivity contribution in [3.63, 3.8) is 0 Å². The van der Waals surface area contributed by atoms with Crippen LogP contribution in [0.3, 0.4) is 0 Å². The lowest BCUT2D eigenvalue weighted by molar-refractivity contribution is -0.144. The SMILES string of the molecule is CCOC(=O)C(Cl)(Cl)CCC1C=CCCC1. The minimum Gasteiger partial charge on any atom is -0.464 e. The second-order valence-electron chi connectivity index (χ2n) is 4.08. The van der Waals surface area contributed by atoms with Crippen LogP contribution in [0.1, 0.15) is 39.0 Å². The molecule has 0 aliphatic heterocycles. The van der Waals surface area contributed by atoms with Crippen molar-refractivity contribution in [2.75, 3.05) is 6.61 Å². The van der Waals surface area contributed by atoms with Gasteiger partial charge in [0, 0.05) is 0 Å². The van der Waals surface area contributed by atoms with Crippen LogP contribution >= 0.6 is 23.2 Å². The molecule has 2 nitrogen and oxygen atoms in total. The fraction of sp³-hybridized carbons (Fsp3) is 0.750. The monoisotopic (exact) mass is 264 g/mol.